The molecule has 2 atom stereocenters. The molecule has 3 N–H and O–H groups in total. The normalized spacial score (nSPS) is 28.8. The van der Waals surface area contributed by atoms with E-state index in [1.807, 2.05) is 0 Å². The third-order valence-corrected chi connectivity index (χ3v) is 4.16. The Labute approximate surface area is 105 Å². The Morgan fingerprint density at radius 1 is 1.33 bits per heavy atom. The van der Waals surface area contributed by atoms with Gasteiger partial charge in [-0.3, -0.25) is 4.79 Å². The van der Waals surface area contributed by atoms with Crippen LogP contribution >= 0.6 is 0 Å². The average Bonchev–Trinajstić information content (AvgIpc) is 2.75. The number of aromatic carboxylic acids is 1. The Balaban J connectivity index is 1.72. The van der Waals surface area contributed by atoms with E-state index in [1.165, 1.54) is 6.42 Å². The first-order chi connectivity index (χ1) is 8.56. The van der Waals surface area contributed by atoms with Crippen molar-refractivity contribution in [2.24, 2.45) is 17.8 Å². The van der Waals surface area contributed by atoms with Gasteiger partial charge in [0.05, 0.1) is 5.69 Å². The van der Waals surface area contributed by atoms with Crippen molar-refractivity contribution in [2.75, 3.05) is 5.32 Å². The Bertz CT molecular complexity index is 510. The molecule has 96 valence electrons. The molecule has 1 aromatic heterocycles. The van der Waals surface area contributed by atoms with Gasteiger partial charge in [-0.25, -0.2) is 4.79 Å². The molecule has 0 bridgehead atoms. The van der Waals surface area contributed by atoms with Crippen LogP contribution < -0.4 is 5.32 Å². The number of H-pyrrole nitrogens is 1. The van der Waals surface area contributed by atoms with Crippen molar-refractivity contribution in [2.45, 2.75) is 26.2 Å². The van der Waals surface area contributed by atoms with Gasteiger partial charge >= 0.3 is 5.97 Å². The summed E-state index contributed by atoms with van der Waals surface area (Å²) < 4.78 is 0. The zero-order chi connectivity index (χ0) is 12.9. The minimum atomic E-state index is -1.02. The van der Waals surface area contributed by atoms with Crippen molar-refractivity contribution in [3.63, 3.8) is 0 Å². The summed E-state index contributed by atoms with van der Waals surface area (Å²) in [4.78, 5) is 26.0. The number of rotatable bonds is 3. The fraction of sp³-hybridized carbons (Fsp3) is 0.538. The number of carbonyl (C=O) groups excluding carboxylic acids is 1. The molecule has 1 aromatic rings. The molecule has 2 aliphatic carbocycles. The lowest BCUT2D eigenvalue weighted by Gasteiger charge is -2.11. The number of anilines is 1. The molecule has 0 aromatic carbocycles. The van der Waals surface area contributed by atoms with E-state index in [2.05, 4.69) is 10.3 Å². The predicted molar refractivity (Wildman–Crippen MR) is 65.4 cm³/mol. The van der Waals surface area contributed by atoms with E-state index in [-0.39, 0.29) is 17.4 Å². The number of hydrogen-bond acceptors (Lipinski definition) is 2. The van der Waals surface area contributed by atoms with Crippen LogP contribution in [-0.2, 0) is 4.79 Å². The number of nitrogens with one attached hydrogen (secondary N) is 2. The van der Waals surface area contributed by atoms with Crippen LogP contribution in [0.2, 0.25) is 0 Å². The molecule has 5 heteroatoms. The maximum atomic E-state index is 12.0. The highest BCUT2D eigenvalue weighted by atomic mass is 16.4. The van der Waals surface area contributed by atoms with Crippen LogP contribution in [0.3, 0.4) is 0 Å². The molecule has 2 saturated carbocycles. The van der Waals surface area contributed by atoms with E-state index < -0.39 is 5.97 Å². The van der Waals surface area contributed by atoms with Crippen LogP contribution in [0.4, 0.5) is 5.69 Å². The van der Waals surface area contributed by atoms with Gasteiger partial charge in [0.15, 0.2) is 0 Å². The molecular formula is C13H16N2O3. The fourth-order valence-corrected chi connectivity index (χ4v) is 3.06. The van der Waals surface area contributed by atoms with Crippen molar-refractivity contribution in [1.29, 1.82) is 0 Å². The second-order valence-corrected chi connectivity index (χ2v) is 5.42. The molecule has 1 heterocycles. The zero-order valence-electron chi connectivity index (χ0n) is 10.2. The minimum absolute atomic E-state index is 0.0382. The maximum absolute atomic E-state index is 12.0. The van der Waals surface area contributed by atoms with Crippen molar-refractivity contribution in [3.8, 4) is 0 Å². The Morgan fingerprint density at radius 2 is 2.00 bits per heavy atom. The van der Waals surface area contributed by atoms with Crippen LogP contribution in [0, 0.1) is 24.7 Å². The third kappa shape index (κ3) is 1.79. The van der Waals surface area contributed by atoms with E-state index >= 15 is 0 Å². The SMILES string of the molecule is Cc1[nH]cc(NC(=O)C2CC3CC3C2)c1C(=O)O. The first-order valence-corrected chi connectivity index (χ1v) is 6.28. The van der Waals surface area contributed by atoms with Crippen LogP contribution in [0.5, 0.6) is 0 Å². The number of aryl methyl sites for hydroxylation is 1. The summed E-state index contributed by atoms with van der Waals surface area (Å²) in [6.45, 7) is 1.68. The van der Waals surface area contributed by atoms with Crippen molar-refractivity contribution < 1.29 is 14.7 Å². The molecule has 0 aliphatic heterocycles. The second kappa shape index (κ2) is 3.86. The molecule has 1 amide bonds. The van der Waals surface area contributed by atoms with Crippen LogP contribution in [0.15, 0.2) is 6.20 Å². The predicted octanol–water partition coefficient (Wildman–Crippen LogP) is 2.01. The summed E-state index contributed by atoms with van der Waals surface area (Å²) in [7, 11) is 0. The van der Waals surface area contributed by atoms with Crippen LogP contribution in [-0.4, -0.2) is 22.0 Å². The number of carbonyl (C=O) groups is 2. The number of aromatic amines is 1. The van der Waals surface area contributed by atoms with Gasteiger partial charge in [0, 0.05) is 17.8 Å². The van der Waals surface area contributed by atoms with Gasteiger partial charge in [-0.15, -0.1) is 0 Å². The number of carboxylic acids is 1. The largest absolute Gasteiger partial charge is 0.478 e. The lowest BCUT2D eigenvalue weighted by molar-refractivity contribution is -0.120. The van der Waals surface area contributed by atoms with Gasteiger partial charge in [0.2, 0.25) is 5.91 Å². The minimum Gasteiger partial charge on any atom is -0.478 e. The molecule has 0 spiro atoms. The highest BCUT2D eigenvalue weighted by Crippen LogP contribution is 2.54. The van der Waals surface area contributed by atoms with Gasteiger partial charge in [-0.2, -0.15) is 0 Å². The van der Waals surface area contributed by atoms with Gasteiger partial charge in [0.25, 0.3) is 0 Å². The molecule has 0 radical (unpaired) electrons. The molecule has 18 heavy (non-hydrogen) atoms. The van der Waals surface area contributed by atoms with E-state index in [1.54, 1.807) is 13.1 Å². The molecule has 0 saturated heterocycles. The van der Waals surface area contributed by atoms with E-state index in [0.717, 1.165) is 24.7 Å². The van der Waals surface area contributed by atoms with E-state index in [0.29, 0.717) is 11.4 Å². The monoisotopic (exact) mass is 248 g/mol. The van der Waals surface area contributed by atoms with E-state index in [4.69, 9.17) is 5.11 Å². The fourth-order valence-electron chi connectivity index (χ4n) is 3.06. The van der Waals surface area contributed by atoms with Crippen molar-refractivity contribution >= 4 is 17.6 Å². The Morgan fingerprint density at radius 3 is 2.61 bits per heavy atom. The molecule has 2 unspecified atom stereocenters. The van der Waals surface area contributed by atoms with Gasteiger partial charge in [-0.1, -0.05) is 0 Å². The van der Waals surface area contributed by atoms with Crippen LogP contribution in [0.1, 0.15) is 35.3 Å². The first kappa shape index (κ1) is 11.3. The second-order valence-electron chi connectivity index (χ2n) is 5.42. The Kier molecular flexibility index (Phi) is 2.43. The van der Waals surface area contributed by atoms with Gasteiger partial charge < -0.3 is 15.4 Å². The highest BCUT2D eigenvalue weighted by Gasteiger charge is 2.48. The average molecular weight is 248 g/mol. The standard InChI is InChI=1S/C13H16N2O3/c1-6-11(13(17)18)10(5-14-6)15-12(16)9-3-7-2-8(7)4-9/h5,7-9,14H,2-4H2,1H3,(H,15,16)(H,17,18). The lowest BCUT2D eigenvalue weighted by Crippen LogP contribution is -2.22. The summed E-state index contributed by atoms with van der Waals surface area (Å²) in [5, 5.41) is 11.8. The maximum Gasteiger partial charge on any atom is 0.339 e. The summed E-state index contributed by atoms with van der Waals surface area (Å²) in [6, 6.07) is 0. The number of hydrogen-bond donors (Lipinski definition) is 3. The third-order valence-electron chi connectivity index (χ3n) is 4.16. The number of carboxylic acid groups (broad SMARTS) is 1. The quantitative estimate of drug-likeness (QED) is 0.765. The zero-order valence-corrected chi connectivity index (χ0v) is 10.2. The smallest absolute Gasteiger partial charge is 0.339 e. The summed E-state index contributed by atoms with van der Waals surface area (Å²) in [5.41, 5.74) is 1.10. The number of amides is 1. The topological polar surface area (TPSA) is 82.2 Å². The molecule has 2 aliphatic rings. The molecular weight excluding hydrogens is 232 g/mol. The highest BCUT2D eigenvalue weighted by molar-refractivity contribution is 6.02. The van der Waals surface area contributed by atoms with Crippen molar-refractivity contribution in [1.82, 2.24) is 4.98 Å². The van der Waals surface area contributed by atoms with Crippen LogP contribution in [0.25, 0.3) is 0 Å². The summed E-state index contributed by atoms with van der Waals surface area (Å²) in [5.74, 6) is 0.493. The lowest BCUT2D eigenvalue weighted by atomic mass is 10.0. The first-order valence-electron chi connectivity index (χ1n) is 6.28. The summed E-state index contributed by atoms with van der Waals surface area (Å²) in [6.07, 6.45) is 4.74. The van der Waals surface area contributed by atoms with Gasteiger partial charge in [-0.05, 0) is 38.0 Å². The molecule has 5 nitrogen and oxygen atoms in total. The Hall–Kier alpha value is -1.78. The number of aromatic nitrogens is 1. The summed E-state index contributed by atoms with van der Waals surface area (Å²) >= 11 is 0. The number of fused-ring (bicyclic) bond motifs is 1. The molecule has 2 fully saturated rings. The van der Waals surface area contributed by atoms with Crippen molar-refractivity contribution in [3.05, 3.63) is 17.5 Å². The van der Waals surface area contributed by atoms with E-state index in [9.17, 15) is 9.59 Å². The van der Waals surface area contributed by atoms with Gasteiger partial charge in [0.1, 0.15) is 5.56 Å². The molecule has 3 rings (SSSR count).